The van der Waals surface area contributed by atoms with Gasteiger partial charge in [-0.1, -0.05) is 36.4 Å². The molecule has 1 aliphatic rings. The normalized spacial score (nSPS) is 13.5. The van der Waals surface area contributed by atoms with E-state index in [9.17, 15) is 15.0 Å². The molecule has 0 fully saturated rings. The molecular weight excluding hydrogens is 506 g/mol. The Bertz CT molecular complexity index is 1210. The lowest BCUT2D eigenvalue weighted by Gasteiger charge is -2.27. The maximum absolute atomic E-state index is 11.4. The van der Waals surface area contributed by atoms with Crippen molar-refractivity contribution in [2.75, 3.05) is 43.4 Å². The Kier molecular flexibility index (Phi) is 11.2. The van der Waals surface area contributed by atoms with E-state index in [1.807, 2.05) is 30.3 Å². The zero-order valence-corrected chi connectivity index (χ0v) is 23.2. The van der Waals surface area contributed by atoms with Gasteiger partial charge in [0.25, 0.3) is 0 Å². The molecule has 1 amide bonds. The molecule has 0 radical (unpaired) electrons. The number of aliphatic hydroxyl groups excluding tert-OH is 1. The van der Waals surface area contributed by atoms with Crippen molar-refractivity contribution in [2.45, 2.75) is 57.8 Å². The van der Waals surface area contributed by atoms with E-state index < -0.39 is 12.3 Å². The van der Waals surface area contributed by atoms with Crippen LogP contribution in [0.4, 0.5) is 11.6 Å². The molecule has 3 aromatic rings. The van der Waals surface area contributed by atoms with Crippen LogP contribution in [-0.4, -0.2) is 81.0 Å². The van der Waals surface area contributed by atoms with Crippen LogP contribution in [0.1, 0.15) is 43.9 Å². The number of unbranched alkanes of at least 4 members (excludes halogenated alkanes) is 1. The van der Waals surface area contributed by atoms with Gasteiger partial charge in [0, 0.05) is 50.6 Å². The second kappa shape index (κ2) is 15.3. The highest BCUT2D eigenvalue weighted by Crippen LogP contribution is 2.21. The van der Waals surface area contributed by atoms with Gasteiger partial charge in [-0.25, -0.2) is 15.0 Å². The average Bonchev–Trinajstić information content (AvgIpc) is 2.97. The molecule has 0 spiro atoms. The van der Waals surface area contributed by atoms with E-state index in [1.165, 1.54) is 12.5 Å². The number of anilines is 2. The van der Waals surface area contributed by atoms with Crippen LogP contribution < -0.4 is 16.0 Å². The summed E-state index contributed by atoms with van der Waals surface area (Å²) in [5.41, 5.74) is 3.29. The van der Waals surface area contributed by atoms with Gasteiger partial charge in [0.2, 0.25) is 5.91 Å². The van der Waals surface area contributed by atoms with E-state index in [2.05, 4.69) is 43.0 Å². The van der Waals surface area contributed by atoms with Gasteiger partial charge in [0.1, 0.15) is 11.6 Å². The first-order valence-corrected chi connectivity index (χ1v) is 14.2. The number of pyridine rings is 1. The van der Waals surface area contributed by atoms with Gasteiger partial charge >= 0.3 is 0 Å². The predicted molar refractivity (Wildman–Crippen MR) is 157 cm³/mol. The lowest BCUT2D eigenvalue weighted by atomic mass is 10.1. The maximum atomic E-state index is 11.4. The van der Waals surface area contributed by atoms with Crippen LogP contribution in [-0.2, 0) is 17.6 Å². The fraction of sp³-hybridized carbons (Fsp3) is 0.467. The molecule has 1 aliphatic heterocycles. The van der Waals surface area contributed by atoms with E-state index in [1.54, 1.807) is 12.3 Å². The van der Waals surface area contributed by atoms with Crippen molar-refractivity contribution in [3.63, 3.8) is 0 Å². The summed E-state index contributed by atoms with van der Waals surface area (Å²) >= 11 is 0. The number of aliphatic hydroxyl groups is 2. The number of benzene rings is 1. The fourth-order valence-corrected chi connectivity index (χ4v) is 4.85. The standard InChI is InChI=1S/C30H41N7O3/c1-22(38)31-18-21-37(19-6-5-11-25-13-12-24-10-7-16-32-28(24)34-25)20-15-26(30(39)40)35-27-14-17-33-29(36-27)23-8-3-2-4-9-23/h2-4,8-9,12-14,17,26,30,39-40H,5-7,10-11,15-16,18-21H2,1H3,(H,31,38)(H,32,34)(H,33,35,36)/t26-/m0/s1. The molecule has 214 valence electrons. The number of carbonyl (C=O) groups excluding carboxylic acids is 1. The monoisotopic (exact) mass is 547 g/mol. The summed E-state index contributed by atoms with van der Waals surface area (Å²) in [6.07, 6.45) is 5.70. The van der Waals surface area contributed by atoms with Gasteiger partial charge in [-0.2, -0.15) is 0 Å². The summed E-state index contributed by atoms with van der Waals surface area (Å²) in [6.45, 7) is 5.18. The Labute approximate surface area is 236 Å². The van der Waals surface area contributed by atoms with Gasteiger partial charge in [0.05, 0.1) is 6.04 Å². The van der Waals surface area contributed by atoms with E-state index in [0.29, 0.717) is 37.7 Å². The number of hydrogen-bond acceptors (Lipinski definition) is 9. The van der Waals surface area contributed by atoms with E-state index in [-0.39, 0.29) is 5.91 Å². The molecule has 10 heteroatoms. The van der Waals surface area contributed by atoms with E-state index >= 15 is 0 Å². The predicted octanol–water partition coefficient (Wildman–Crippen LogP) is 2.84. The number of fused-ring (bicyclic) bond motifs is 1. The number of aromatic nitrogens is 3. The molecule has 5 N–H and O–H groups in total. The molecule has 0 saturated carbocycles. The second-order valence-corrected chi connectivity index (χ2v) is 10.2. The van der Waals surface area contributed by atoms with Gasteiger partial charge in [-0.3, -0.25) is 4.79 Å². The molecule has 1 atom stereocenters. The van der Waals surface area contributed by atoms with Gasteiger partial charge in [-0.05, 0) is 62.8 Å². The largest absolute Gasteiger partial charge is 0.370 e. The first-order valence-electron chi connectivity index (χ1n) is 14.2. The molecule has 10 nitrogen and oxygen atoms in total. The Morgan fingerprint density at radius 3 is 2.70 bits per heavy atom. The number of nitrogens with zero attached hydrogens (tertiary/aromatic N) is 4. The Balaban J connectivity index is 1.30. The van der Waals surface area contributed by atoms with Crippen molar-refractivity contribution in [3.05, 3.63) is 66.0 Å². The topological polar surface area (TPSA) is 136 Å². The van der Waals surface area contributed by atoms with Gasteiger partial charge in [0.15, 0.2) is 12.1 Å². The highest BCUT2D eigenvalue weighted by molar-refractivity contribution is 5.72. The Hall–Kier alpha value is -3.60. The number of amides is 1. The summed E-state index contributed by atoms with van der Waals surface area (Å²) in [4.78, 5) is 27.4. The highest BCUT2D eigenvalue weighted by atomic mass is 16.5. The molecular formula is C30H41N7O3. The van der Waals surface area contributed by atoms with Crippen molar-refractivity contribution in [3.8, 4) is 11.4 Å². The minimum atomic E-state index is -1.56. The Morgan fingerprint density at radius 2 is 1.90 bits per heavy atom. The molecule has 0 aliphatic carbocycles. The van der Waals surface area contributed by atoms with Crippen LogP contribution in [0.5, 0.6) is 0 Å². The zero-order valence-electron chi connectivity index (χ0n) is 23.2. The average molecular weight is 548 g/mol. The summed E-state index contributed by atoms with van der Waals surface area (Å²) in [5, 5.41) is 29.7. The van der Waals surface area contributed by atoms with Crippen LogP contribution in [0.3, 0.4) is 0 Å². The number of hydrogen-bond donors (Lipinski definition) is 5. The summed E-state index contributed by atoms with van der Waals surface area (Å²) in [5.74, 6) is 2.07. The minimum absolute atomic E-state index is 0.0599. The van der Waals surface area contributed by atoms with Gasteiger partial charge in [-0.15, -0.1) is 0 Å². The molecule has 1 aromatic carbocycles. The molecule has 2 aromatic heterocycles. The molecule has 0 saturated heterocycles. The van der Waals surface area contributed by atoms with Crippen LogP contribution >= 0.6 is 0 Å². The lowest BCUT2D eigenvalue weighted by Crippen LogP contribution is -2.40. The van der Waals surface area contributed by atoms with Crippen molar-refractivity contribution in [1.82, 2.24) is 25.2 Å². The van der Waals surface area contributed by atoms with Crippen LogP contribution in [0.2, 0.25) is 0 Å². The SMILES string of the molecule is CC(=O)NCCN(CCCCc1ccc2c(n1)NCCC2)CC[C@H](Nc1ccnc(-c2ccccc2)n1)C(O)O. The fourth-order valence-electron chi connectivity index (χ4n) is 4.85. The Morgan fingerprint density at radius 1 is 1.05 bits per heavy atom. The molecule has 3 heterocycles. The van der Waals surface area contributed by atoms with Crippen molar-refractivity contribution in [2.24, 2.45) is 0 Å². The summed E-state index contributed by atoms with van der Waals surface area (Å²) < 4.78 is 0. The quantitative estimate of drug-likeness (QED) is 0.144. The highest BCUT2D eigenvalue weighted by Gasteiger charge is 2.19. The number of nitrogens with one attached hydrogen (secondary N) is 3. The molecule has 0 unspecified atom stereocenters. The second-order valence-electron chi connectivity index (χ2n) is 10.2. The van der Waals surface area contributed by atoms with Crippen LogP contribution in [0.25, 0.3) is 11.4 Å². The van der Waals surface area contributed by atoms with Crippen LogP contribution in [0, 0.1) is 0 Å². The van der Waals surface area contributed by atoms with E-state index in [0.717, 1.165) is 62.3 Å². The maximum Gasteiger partial charge on any atom is 0.216 e. The first kappa shape index (κ1) is 29.4. The van der Waals surface area contributed by atoms with Gasteiger partial charge < -0.3 is 31.1 Å². The smallest absolute Gasteiger partial charge is 0.216 e. The first-order chi connectivity index (χ1) is 19.5. The third-order valence-corrected chi connectivity index (χ3v) is 7.05. The summed E-state index contributed by atoms with van der Waals surface area (Å²) in [7, 11) is 0. The lowest BCUT2D eigenvalue weighted by molar-refractivity contribution is -0.119. The molecule has 40 heavy (non-hydrogen) atoms. The number of aryl methyl sites for hydroxylation is 2. The molecule has 0 bridgehead atoms. The zero-order chi connectivity index (χ0) is 28.2. The summed E-state index contributed by atoms with van der Waals surface area (Å²) in [6, 6.07) is 15.1. The van der Waals surface area contributed by atoms with E-state index in [4.69, 9.17) is 4.98 Å². The van der Waals surface area contributed by atoms with Crippen molar-refractivity contribution < 1.29 is 15.0 Å². The third kappa shape index (κ3) is 9.25. The minimum Gasteiger partial charge on any atom is -0.370 e. The van der Waals surface area contributed by atoms with Crippen LogP contribution in [0.15, 0.2) is 54.7 Å². The van der Waals surface area contributed by atoms with Crippen molar-refractivity contribution >= 4 is 17.5 Å². The third-order valence-electron chi connectivity index (χ3n) is 7.05. The number of carbonyl (C=O) groups is 1. The number of rotatable bonds is 15. The molecule has 4 rings (SSSR count). The van der Waals surface area contributed by atoms with Crippen molar-refractivity contribution in [1.29, 1.82) is 0 Å².